The van der Waals surface area contributed by atoms with Gasteiger partial charge in [0.1, 0.15) is 18.1 Å². The zero-order valence-corrected chi connectivity index (χ0v) is 16.5. The molecule has 0 saturated heterocycles. The van der Waals surface area contributed by atoms with E-state index in [1.54, 1.807) is 26.3 Å². The fourth-order valence-electron chi connectivity index (χ4n) is 2.65. The summed E-state index contributed by atoms with van der Waals surface area (Å²) in [6.45, 7) is 2.58. The van der Waals surface area contributed by atoms with Gasteiger partial charge in [-0.05, 0) is 42.6 Å². The van der Waals surface area contributed by atoms with Gasteiger partial charge in [-0.15, -0.1) is 11.3 Å². The number of hydrogen-bond donors (Lipinski definition) is 0. The van der Waals surface area contributed by atoms with Gasteiger partial charge in [0.05, 0.1) is 24.2 Å². The lowest BCUT2D eigenvalue weighted by atomic mass is 10.3. The summed E-state index contributed by atoms with van der Waals surface area (Å²) in [5.74, 6) is 1.55. The van der Waals surface area contributed by atoms with Crippen LogP contribution in [0, 0.1) is 6.92 Å². The first kappa shape index (κ1) is 19.7. The second kappa shape index (κ2) is 9.23. The van der Waals surface area contributed by atoms with Gasteiger partial charge in [-0.2, -0.15) is 0 Å². The number of carbonyl (C=O) groups is 1. The molecule has 0 saturated carbocycles. The first-order valence-electron chi connectivity index (χ1n) is 8.75. The molecule has 7 heteroatoms. The van der Waals surface area contributed by atoms with Crippen molar-refractivity contribution in [1.82, 2.24) is 4.57 Å². The second-order valence-electron chi connectivity index (χ2n) is 6.00. The molecule has 0 atom stereocenters. The number of ether oxygens (including phenoxy) is 3. The molecule has 0 aliphatic carbocycles. The van der Waals surface area contributed by atoms with Crippen molar-refractivity contribution in [3.8, 4) is 17.2 Å². The van der Waals surface area contributed by atoms with Crippen LogP contribution < -0.4 is 19.6 Å². The first-order valence-corrected chi connectivity index (χ1v) is 9.63. The van der Waals surface area contributed by atoms with E-state index in [1.165, 1.54) is 17.4 Å². The number of pyridine rings is 1. The van der Waals surface area contributed by atoms with Crippen LogP contribution in [-0.2, 0) is 6.54 Å². The molecule has 28 heavy (non-hydrogen) atoms. The molecule has 0 spiro atoms. The number of ketones is 1. The number of thiophene rings is 1. The lowest BCUT2D eigenvalue weighted by Crippen LogP contribution is -2.20. The predicted molar refractivity (Wildman–Crippen MR) is 108 cm³/mol. The SMILES string of the molecule is COc1ccc(OCCn2ccc(=O)c(OCC(=O)c3cccs3)c2C)cc1. The van der Waals surface area contributed by atoms with E-state index in [-0.39, 0.29) is 23.6 Å². The van der Waals surface area contributed by atoms with E-state index in [0.717, 1.165) is 11.5 Å². The monoisotopic (exact) mass is 399 g/mol. The van der Waals surface area contributed by atoms with E-state index in [2.05, 4.69) is 0 Å². The van der Waals surface area contributed by atoms with E-state index < -0.39 is 0 Å². The molecule has 3 rings (SSSR count). The summed E-state index contributed by atoms with van der Waals surface area (Å²) in [4.78, 5) is 24.9. The summed E-state index contributed by atoms with van der Waals surface area (Å²) >= 11 is 1.35. The summed E-state index contributed by atoms with van der Waals surface area (Å²) in [7, 11) is 1.61. The normalized spacial score (nSPS) is 10.5. The largest absolute Gasteiger partial charge is 0.497 e. The van der Waals surface area contributed by atoms with Crippen LogP contribution in [0.5, 0.6) is 17.2 Å². The quantitative estimate of drug-likeness (QED) is 0.515. The van der Waals surface area contributed by atoms with E-state index in [0.29, 0.717) is 23.7 Å². The molecular weight excluding hydrogens is 378 g/mol. The van der Waals surface area contributed by atoms with E-state index in [9.17, 15) is 9.59 Å². The van der Waals surface area contributed by atoms with Crippen LogP contribution in [0.2, 0.25) is 0 Å². The summed E-state index contributed by atoms with van der Waals surface area (Å²) < 4.78 is 18.3. The maximum atomic E-state index is 12.2. The molecule has 0 radical (unpaired) electrons. The Balaban J connectivity index is 1.61. The number of aromatic nitrogens is 1. The number of rotatable bonds is 9. The summed E-state index contributed by atoms with van der Waals surface area (Å²) in [5, 5.41) is 1.83. The van der Waals surface area contributed by atoms with Gasteiger partial charge >= 0.3 is 0 Å². The predicted octanol–water partition coefficient (Wildman–Crippen LogP) is 3.57. The molecule has 6 nitrogen and oxygen atoms in total. The van der Waals surface area contributed by atoms with Crippen molar-refractivity contribution >= 4 is 17.1 Å². The van der Waals surface area contributed by atoms with Crippen molar-refractivity contribution in [2.75, 3.05) is 20.3 Å². The third kappa shape index (κ3) is 4.80. The van der Waals surface area contributed by atoms with Gasteiger partial charge < -0.3 is 18.8 Å². The molecule has 0 amide bonds. The number of Topliss-reactive ketones (excluding diaryl/α,β-unsaturated/α-hetero) is 1. The van der Waals surface area contributed by atoms with Crippen LogP contribution in [-0.4, -0.2) is 30.7 Å². The van der Waals surface area contributed by atoms with Gasteiger partial charge in [0.2, 0.25) is 11.2 Å². The van der Waals surface area contributed by atoms with Gasteiger partial charge in [0, 0.05) is 12.3 Å². The fourth-order valence-corrected chi connectivity index (χ4v) is 3.30. The number of nitrogens with zero attached hydrogens (tertiary/aromatic N) is 1. The van der Waals surface area contributed by atoms with E-state index >= 15 is 0 Å². The van der Waals surface area contributed by atoms with Crippen molar-refractivity contribution in [1.29, 1.82) is 0 Å². The molecule has 0 fully saturated rings. The van der Waals surface area contributed by atoms with Crippen molar-refractivity contribution in [3.63, 3.8) is 0 Å². The van der Waals surface area contributed by atoms with Crippen molar-refractivity contribution in [2.24, 2.45) is 0 Å². The standard InChI is InChI=1S/C21H21NO5S/c1-15-21(27-14-19(24)20-4-3-13-28-20)18(23)9-10-22(15)11-12-26-17-7-5-16(25-2)6-8-17/h3-10,13H,11-12,14H2,1-2H3. The molecule has 0 aliphatic heterocycles. The number of methoxy groups -OCH3 is 1. The lowest BCUT2D eigenvalue weighted by Gasteiger charge is -2.15. The molecule has 2 aromatic heterocycles. The Morgan fingerprint density at radius 3 is 2.50 bits per heavy atom. The van der Waals surface area contributed by atoms with Crippen LogP contribution in [0.1, 0.15) is 15.4 Å². The summed E-state index contributed by atoms with van der Waals surface area (Å²) in [6.07, 6.45) is 1.70. The molecule has 2 heterocycles. The van der Waals surface area contributed by atoms with Gasteiger partial charge in [0.15, 0.2) is 12.4 Å². The average Bonchev–Trinajstić information content (AvgIpc) is 3.25. The van der Waals surface area contributed by atoms with Gasteiger partial charge in [-0.25, -0.2) is 0 Å². The summed E-state index contributed by atoms with van der Waals surface area (Å²) in [5.41, 5.74) is 0.411. The van der Waals surface area contributed by atoms with E-state index in [1.807, 2.05) is 40.3 Å². The molecule has 0 N–H and O–H groups in total. The highest BCUT2D eigenvalue weighted by atomic mass is 32.1. The third-order valence-corrected chi connectivity index (χ3v) is 5.10. The third-order valence-electron chi connectivity index (χ3n) is 4.19. The van der Waals surface area contributed by atoms with Crippen LogP contribution in [0.25, 0.3) is 0 Å². The minimum Gasteiger partial charge on any atom is -0.497 e. The maximum absolute atomic E-state index is 12.2. The molecule has 0 bridgehead atoms. The maximum Gasteiger partial charge on any atom is 0.223 e. The van der Waals surface area contributed by atoms with Crippen LogP contribution in [0.3, 0.4) is 0 Å². The molecule has 146 valence electrons. The Bertz CT molecular complexity index is 977. The smallest absolute Gasteiger partial charge is 0.223 e. The van der Waals surface area contributed by atoms with Crippen molar-refractivity contribution < 1.29 is 19.0 Å². The Morgan fingerprint density at radius 2 is 1.82 bits per heavy atom. The highest BCUT2D eigenvalue weighted by Crippen LogP contribution is 2.18. The Kier molecular flexibility index (Phi) is 6.49. The number of hydrogen-bond acceptors (Lipinski definition) is 6. The van der Waals surface area contributed by atoms with Gasteiger partial charge in [0.25, 0.3) is 0 Å². The van der Waals surface area contributed by atoms with Gasteiger partial charge in [-0.1, -0.05) is 6.07 Å². The molecule has 1 aromatic carbocycles. The Morgan fingerprint density at radius 1 is 1.07 bits per heavy atom. The fraction of sp³-hybridized carbons (Fsp3) is 0.238. The van der Waals surface area contributed by atoms with Gasteiger partial charge in [-0.3, -0.25) is 9.59 Å². The van der Waals surface area contributed by atoms with Crippen LogP contribution in [0.4, 0.5) is 0 Å². The average molecular weight is 399 g/mol. The van der Waals surface area contributed by atoms with E-state index in [4.69, 9.17) is 14.2 Å². The molecular formula is C21H21NO5S. The molecule has 0 unspecified atom stereocenters. The van der Waals surface area contributed by atoms with Crippen molar-refractivity contribution in [2.45, 2.75) is 13.5 Å². The zero-order valence-electron chi connectivity index (χ0n) is 15.7. The minimum atomic E-state index is -0.246. The highest BCUT2D eigenvalue weighted by Gasteiger charge is 2.13. The second-order valence-corrected chi connectivity index (χ2v) is 6.95. The topological polar surface area (TPSA) is 66.8 Å². The van der Waals surface area contributed by atoms with Crippen molar-refractivity contribution in [3.05, 3.63) is 74.8 Å². The molecule has 0 aliphatic rings. The Hall–Kier alpha value is -3.06. The Labute approximate surface area is 166 Å². The number of benzene rings is 1. The summed E-state index contributed by atoms with van der Waals surface area (Å²) in [6, 6.07) is 12.3. The highest BCUT2D eigenvalue weighted by molar-refractivity contribution is 7.12. The zero-order chi connectivity index (χ0) is 19.9. The minimum absolute atomic E-state index is 0.146. The molecule has 3 aromatic rings. The first-order chi connectivity index (χ1) is 13.6. The number of carbonyl (C=O) groups excluding carboxylic acids is 1. The van der Waals surface area contributed by atoms with Crippen LogP contribution in [0.15, 0.2) is 58.8 Å². The van der Waals surface area contributed by atoms with Crippen LogP contribution >= 0.6 is 11.3 Å². The lowest BCUT2D eigenvalue weighted by molar-refractivity contribution is 0.0923.